The number of hydrogen-bond acceptors (Lipinski definition) is 2. The molecule has 1 heterocycles. The van der Waals surface area contributed by atoms with Crippen molar-refractivity contribution in [3.8, 4) is 0 Å². The highest BCUT2D eigenvalue weighted by Gasteiger charge is 2.17. The Morgan fingerprint density at radius 2 is 2.00 bits per heavy atom. The minimum absolute atomic E-state index is 0.162. The molecule has 3 nitrogen and oxygen atoms in total. The number of nitrogens with zero attached hydrogens (tertiary/aromatic N) is 2. The maximum absolute atomic E-state index is 12.4. The maximum atomic E-state index is 12.4. The van der Waals surface area contributed by atoms with Gasteiger partial charge in [-0.15, -0.1) is 0 Å². The van der Waals surface area contributed by atoms with Crippen LogP contribution in [0, 0.1) is 13.8 Å². The molecule has 1 aromatic heterocycles. The quantitative estimate of drug-likeness (QED) is 0.838. The van der Waals surface area contributed by atoms with Crippen LogP contribution in [-0.2, 0) is 0 Å². The number of carbonyl (C=O) groups excluding carboxylic acids is 1. The zero-order chi connectivity index (χ0) is 14.0. The summed E-state index contributed by atoms with van der Waals surface area (Å²) in [5.41, 5.74) is 3.50. The zero-order valence-electron chi connectivity index (χ0n) is 11.1. The van der Waals surface area contributed by atoms with Crippen LogP contribution in [0.3, 0.4) is 0 Å². The first-order valence-corrected chi connectivity index (χ1v) is 6.33. The van der Waals surface area contributed by atoms with Gasteiger partial charge in [-0.25, -0.2) is 0 Å². The molecular formula is C15H15ClN2O. The molecule has 0 unspecified atom stereocenters. The smallest absolute Gasteiger partial charge is 0.261 e. The zero-order valence-corrected chi connectivity index (χ0v) is 11.9. The molecule has 0 radical (unpaired) electrons. The number of aromatic nitrogens is 1. The minimum Gasteiger partial charge on any atom is -0.311 e. The molecule has 1 amide bonds. The van der Waals surface area contributed by atoms with Crippen LogP contribution < -0.4 is 4.90 Å². The van der Waals surface area contributed by atoms with Gasteiger partial charge in [0.2, 0.25) is 0 Å². The van der Waals surface area contributed by atoms with E-state index < -0.39 is 0 Å². The molecule has 0 spiro atoms. The van der Waals surface area contributed by atoms with Crippen molar-refractivity contribution in [1.29, 1.82) is 0 Å². The van der Waals surface area contributed by atoms with Crippen molar-refractivity contribution in [2.24, 2.45) is 0 Å². The lowest BCUT2D eigenvalue weighted by molar-refractivity contribution is 0.0992. The molecule has 0 aliphatic carbocycles. The molecule has 19 heavy (non-hydrogen) atoms. The lowest BCUT2D eigenvalue weighted by Crippen LogP contribution is -2.27. The molecule has 2 aromatic rings. The van der Waals surface area contributed by atoms with Gasteiger partial charge in [0.1, 0.15) is 0 Å². The summed E-state index contributed by atoms with van der Waals surface area (Å²) in [7, 11) is 1.74. The van der Waals surface area contributed by atoms with Gasteiger partial charge in [-0.2, -0.15) is 0 Å². The van der Waals surface area contributed by atoms with Gasteiger partial charge in [0.05, 0.1) is 10.6 Å². The highest BCUT2D eigenvalue weighted by Crippen LogP contribution is 2.23. The highest BCUT2D eigenvalue weighted by atomic mass is 35.5. The summed E-state index contributed by atoms with van der Waals surface area (Å²) in [4.78, 5) is 17.9. The first-order chi connectivity index (χ1) is 9.00. The third-order valence-electron chi connectivity index (χ3n) is 3.02. The third-order valence-corrected chi connectivity index (χ3v) is 3.35. The number of rotatable bonds is 2. The van der Waals surface area contributed by atoms with Crippen LogP contribution in [0.5, 0.6) is 0 Å². The van der Waals surface area contributed by atoms with E-state index in [0.29, 0.717) is 10.6 Å². The van der Waals surface area contributed by atoms with E-state index in [9.17, 15) is 4.79 Å². The number of aryl methyl sites for hydroxylation is 2. The minimum atomic E-state index is -0.162. The van der Waals surface area contributed by atoms with E-state index in [1.807, 2.05) is 32.0 Å². The molecule has 98 valence electrons. The largest absolute Gasteiger partial charge is 0.311 e. The van der Waals surface area contributed by atoms with E-state index in [0.717, 1.165) is 11.3 Å². The third kappa shape index (κ3) is 2.76. The van der Waals surface area contributed by atoms with E-state index in [4.69, 9.17) is 11.6 Å². The Morgan fingerprint density at radius 1 is 1.26 bits per heavy atom. The van der Waals surface area contributed by atoms with Crippen molar-refractivity contribution >= 4 is 23.2 Å². The van der Waals surface area contributed by atoms with Gasteiger partial charge in [0, 0.05) is 25.1 Å². The number of benzene rings is 1. The van der Waals surface area contributed by atoms with E-state index in [1.54, 1.807) is 24.2 Å². The van der Waals surface area contributed by atoms with Crippen molar-refractivity contribution in [3.05, 3.63) is 58.4 Å². The van der Waals surface area contributed by atoms with Crippen LogP contribution in [0.25, 0.3) is 0 Å². The van der Waals surface area contributed by atoms with Crippen LogP contribution in [0.15, 0.2) is 36.7 Å². The van der Waals surface area contributed by atoms with Crippen LogP contribution in [0.1, 0.15) is 21.5 Å². The van der Waals surface area contributed by atoms with Gasteiger partial charge in [0.15, 0.2) is 0 Å². The molecule has 0 saturated carbocycles. The summed E-state index contributed by atoms with van der Waals surface area (Å²) >= 11 is 6.03. The highest BCUT2D eigenvalue weighted by molar-refractivity contribution is 6.34. The summed E-state index contributed by atoms with van der Waals surface area (Å²) in [6.45, 7) is 4.01. The Balaban J connectivity index is 2.37. The first kappa shape index (κ1) is 13.6. The summed E-state index contributed by atoms with van der Waals surface area (Å²) in [5, 5.41) is 0.414. The van der Waals surface area contributed by atoms with Crippen LogP contribution in [0.4, 0.5) is 5.69 Å². The molecule has 0 aliphatic heterocycles. The molecule has 0 bridgehead atoms. The molecule has 0 saturated heterocycles. The van der Waals surface area contributed by atoms with Crippen LogP contribution >= 0.6 is 11.6 Å². The van der Waals surface area contributed by atoms with Crippen LogP contribution in [0.2, 0.25) is 5.02 Å². The van der Waals surface area contributed by atoms with E-state index >= 15 is 0 Å². The van der Waals surface area contributed by atoms with Crippen molar-refractivity contribution < 1.29 is 4.79 Å². The van der Waals surface area contributed by atoms with E-state index in [2.05, 4.69) is 4.98 Å². The second-order valence-electron chi connectivity index (χ2n) is 4.51. The Hall–Kier alpha value is -1.87. The molecule has 0 atom stereocenters. The van der Waals surface area contributed by atoms with Gasteiger partial charge >= 0.3 is 0 Å². The summed E-state index contributed by atoms with van der Waals surface area (Å²) in [6, 6.07) is 7.58. The maximum Gasteiger partial charge on any atom is 0.261 e. The second-order valence-corrected chi connectivity index (χ2v) is 4.92. The van der Waals surface area contributed by atoms with Crippen molar-refractivity contribution in [2.45, 2.75) is 13.8 Å². The SMILES string of the molecule is Cc1ccc(N(C)C(=O)c2cnccc2Cl)c(C)c1. The van der Waals surface area contributed by atoms with E-state index in [1.165, 1.54) is 11.8 Å². The molecule has 1 aromatic carbocycles. The lowest BCUT2D eigenvalue weighted by atomic mass is 10.1. The fraction of sp³-hybridized carbons (Fsp3) is 0.200. The number of amides is 1. The summed E-state index contributed by atoms with van der Waals surface area (Å²) in [5.74, 6) is -0.162. The average molecular weight is 275 g/mol. The lowest BCUT2D eigenvalue weighted by Gasteiger charge is -2.20. The Labute approximate surface area is 117 Å². The van der Waals surface area contributed by atoms with Crippen LogP contribution in [-0.4, -0.2) is 17.9 Å². The van der Waals surface area contributed by atoms with Crippen molar-refractivity contribution in [3.63, 3.8) is 0 Å². The predicted octanol–water partition coefficient (Wildman–Crippen LogP) is 3.63. The first-order valence-electron chi connectivity index (χ1n) is 5.95. The Morgan fingerprint density at radius 3 is 2.63 bits per heavy atom. The monoisotopic (exact) mass is 274 g/mol. The van der Waals surface area contributed by atoms with Crippen molar-refractivity contribution in [1.82, 2.24) is 4.98 Å². The molecule has 0 fully saturated rings. The predicted molar refractivity (Wildman–Crippen MR) is 77.9 cm³/mol. The summed E-state index contributed by atoms with van der Waals surface area (Å²) in [6.07, 6.45) is 3.06. The number of pyridine rings is 1. The van der Waals surface area contributed by atoms with Gasteiger partial charge < -0.3 is 4.90 Å². The topological polar surface area (TPSA) is 33.2 Å². The second kappa shape index (κ2) is 5.41. The molecule has 0 N–H and O–H groups in total. The molecule has 2 rings (SSSR count). The van der Waals surface area contributed by atoms with Gasteiger partial charge in [-0.3, -0.25) is 9.78 Å². The number of halogens is 1. The molecule has 4 heteroatoms. The molecular weight excluding hydrogens is 260 g/mol. The Bertz CT molecular complexity index is 625. The van der Waals surface area contributed by atoms with Crippen molar-refractivity contribution in [2.75, 3.05) is 11.9 Å². The number of hydrogen-bond donors (Lipinski definition) is 0. The van der Waals surface area contributed by atoms with Gasteiger partial charge in [-0.05, 0) is 31.5 Å². The van der Waals surface area contributed by atoms with Gasteiger partial charge in [-0.1, -0.05) is 29.3 Å². The average Bonchev–Trinajstić information content (AvgIpc) is 2.38. The standard InChI is InChI=1S/C15H15ClN2O/c1-10-4-5-14(11(2)8-10)18(3)15(19)12-9-17-7-6-13(12)16/h4-9H,1-3H3. The fourth-order valence-corrected chi connectivity index (χ4v) is 2.19. The summed E-state index contributed by atoms with van der Waals surface area (Å²) < 4.78 is 0. The number of anilines is 1. The Kier molecular flexibility index (Phi) is 3.86. The van der Waals surface area contributed by atoms with Gasteiger partial charge in [0.25, 0.3) is 5.91 Å². The molecule has 0 aliphatic rings. The normalized spacial score (nSPS) is 10.3. The number of carbonyl (C=O) groups is 1. The van der Waals surface area contributed by atoms with E-state index in [-0.39, 0.29) is 5.91 Å². The fourth-order valence-electron chi connectivity index (χ4n) is 2.01.